The van der Waals surface area contributed by atoms with E-state index in [-0.39, 0.29) is 10.8 Å². The van der Waals surface area contributed by atoms with Crippen molar-refractivity contribution >= 4 is 100 Å². The fourth-order valence-corrected chi connectivity index (χ4v) is 13.7. The molecule has 68 heavy (non-hydrogen) atoms. The van der Waals surface area contributed by atoms with Gasteiger partial charge in [0, 0.05) is 64.8 Å². The van der Waals surface area contributed by atoms with Crippen LogP contribution >= 0.6 is 11.3 Å². The van der Waals surface area contributed by atoms with Crippen molar-refractivity contribution in [1.82, 2.24) is 0 Å². The lowest BCUT2D eigenvalue weighted by molar-refractivity contribution is 0.332. The molecule has 0 unspecified atom stereocenters. The van der Waals surface area contributed by atoms with Gasteiger partial charge in [-0.2, -0.15) is 0 Å². The van der Waals surface area contributed by atoms with Gasteiger partial charge in [-0.15, -0.1) is 11.3 Å². The number of hydrogen-bond donors (Lipinski definition) is 1. The molecule has 0 saturated heterocycles. The predicted molar refractivity (Wildman–Crippen MR) is 290 cm³/mol. The van der Waals surface area contributed by atoms with Gasteiger partial charge in [0.1, 0.15) is 11.2 Å². The van der Waals surface area contributed by atoms with Crippen LogP contribution in [0.3, 0.4) is 0 Å². The van der Waals surface area contributed by atoms with Gasteiger partial charge in [-0.05, 0) is 111 Å². The van der Waals surface area contributed by atoms with E-state index in [0.29, 0.717) is 0 Å². The van der Waals surface area contributed by atoms with Crippen molar-refractivity contribution in [3.05, 3.63) is 221 Å². The number of fused-ring (bicyclic) bond motifs is 11. The molecule has 0 amide bonds. The summed E-state index contributed by atoms with van der Waals surface area (Å²) >= 11 is 1.87. The van der Waals surface area contributed by atoms with Gasteiger partial charge in [0.25, 0.3) is 0 Å². The highest BCUT2D eigenvalue weighted by atomic mass is 32.1. The summed E-state index contributed by atoms with van der Waals surface area (Å²) in [4.78, 5) is 2.60. The normalized spacial score (nSPS) is 16.0. The summed E-state index contributed by atoms with van der Waals surface area (Å²) < 4.78 is 9.73. The quantitative estimate of drug-likeness (QED) is 0.175. The van der Waals surface area contributed by atoms with E-state index in [1.165, 1.54) is 88.0 Å². The van der Waals surface area contributed by atoms with E-state index in [1.807, 2.05) is 11.3 Å². The van der Waals surface area contributed by atoms with Crippen LogP contribution in [0.2, 0.25) is 0 Å². The molecule has 1 N–H and O–H groups in total. The van der Waals surface area contributed by atoms with Gasteiger partial charge in [0.15, 0.2) is 7.28 Å². The Morgan fingerprint density at radius 3 is 2.00 bits per heavy atom. The van der Waals surface area contributed by atoms with Crippen LogP contribution in [0.5, 0.6) is 0 Å². The van der Waals surface area contributed by atoms with Crippen molar-refractivity contribution in [2.24, 2.45) is 0 Å². The van der Waals surface area contributed by atoms with Crippen molar-refractivity contribution < 1.29 is 4.42 Å². The fourth-order valence-electron chi connectivity index (χ4n) is 12.6. The first kappa shape index (κ1) is 39.8. The Labute approximate surface area is 401 Å². The third-order valence-corrected chi connectivity index (χ3v) is 17.1. The molecular formula is C63H49BN2OS. The number of furan rings is 1. The second-order valence-corrected chi connectivity index (χ2v) is 21.8. The molecule has 0 spiro atoms. The van der Waals surface area contributed by atoms with E-state index in [2.05, 4.69) is 226 Å². The van der Waals surface area contributed by atoms with Crippen molar-refractivity contribution in [3.63, 3.8) is 0 Å². The van der Waals surface area contributed by atoms with Crippen molar-refractivity contribution in [1.29, 1.82) is 0 Å². The zero-order chi connectivity index (χ0) is 45.5. The lowest BCUT2D eigenvalue weighted by atomic mass is 9.54. The van der Waals surface area contributed by atoms with Crippen LogP contribution in [0.1, 0.15) is 73.9 Å². The molecule has 0 saturated carbocycles. The van der Waals surface area contributed by atoms with E-state index < -0.39 is 5.41 Å². The molecule has 9 aromatic carbocycles. The summed E-state index contributed by atoms with van der Waals surface area (Å²) in [6.45, 7) is 9.65. The maximum atomic E-state index is 7.17. The first-order valence-corrected chi connectivity index (χ1v) is 25.0. The van der Waals surface area contributed by atoms with Crippen LogP contribution in [0.25, 0.3) is 53.2 Å². The van der Waals surface area contributed by atoms with Crippen LogP contribution < -0.4 is 21.1 Å². The molecule has 4 heterocycles. The number of para-hydroxylation sites is 3. The minimum Gasteiger partial charge on any atom is -0.455 e. The maximum absolute atomic E-state index is 7.17. The number of hydrogen-bond acceptors (Lipinski definition) is 4. The summed E-state index contributed by atoms with van der Waals surface area (Å²) in [5.41, 5.74) is 20.2. The van der Waals surface area contributed by atoms with Gasteiger partial charge in [-0.3, -0.25) is 0 Å². The number of nitrogens with zero attached hydrogens (tertiary/aromatic N) is 1. The zero-order valence-electron chi connectivity index (χ0n) is 38.8. The first-order valence-electron chi connectivity index (χ1n) is 24.2. The number of nitrogens with one attached hydrogen (secondary N) is 1. The Bertz CT molecular complexity index is 3840. The molecule has 0 radical (unpaired) electrons. The van der Waals surface area contributed by atoms with E-state index in [4.69, 9.17) is 4.42 Å². The highest BCUT2D eigenvalue weighted by Gasteiger charge is 2.49. The average Bonchev–Trinajstić information content (AvgIpc) is 3.93. The third-order valence-electron chi connectivity index (χ3n) is 16.0. The predicted octanol–water partition coefficient (Wildman–Crippen LogP) is 15.6. The highest BCUT2D eigenvalue weighted by Crippen LogP contribution is 2.59. The van der Waals surface area contributed by atoms with Crippen LogP contribution in [0, 0.1) is 0 Å². The summed E-state index contributed by atoms with van der Waals surface area (Å²) in [5.74, 6) is 0. The molecule has 3 aliphatic rings. The molecule has 2 aromatic heterocycles. The molecule has 2 aliphatic heterocycles. The second-order valence-electron chi connectivity index (χ2n) is 20.7. The largest absolute Gasteiger partial charge is 0.455 e. The SMILES string of the molecule is CC1(C)CCC(C)(C)c2cc(Nc3cc4c(cc3-c3c5c(cc6c3oc3ccccc36)N3c6ccccc6C(c6ccccc6)(c6ccccc6)c6cccc(c63)B5)sc3ccccc34)ccc21. The van der Waals surface area contributed by atoms with Gasteiger partial charge >= 0.3 is 0 Å². The van der Waals surface area contributed by atoms with E-state index >= 15 is 0 Å². The van der Waals surface area contributed by atoms with Gasteiger partial charge in [0.2, 0.25) is 0 Å². The van der Waals surface area contributed by atoms with Crippen LogP contribution in [-0.4, -0.2) is 7.28 Å². The Morgan fingerprint density at radius 1 is 0.529 bits per heavy atom. The molecule has 1 aliphatic carbocycles. The first-order chi connectivity index (χ1) is 33.2. The van der Waals surface area contributed by atoms with Crippen molar-refractivity contribution in [2.75, 3.05) is 10.2 Å². The van der Waals surface area contributed by atoms with Crippen LogP contribution in [0.15, 0.2) is 192 Å². The molecule has 11 aromatic rings. The van der Waals surface area contributed by atoms with E-state index in [9.17, 15) is 0 Å². The maximum Gasteiger partial charge on any atom is 0.198 e. The van der Waals surface area contributed by atoms with E-state index in [1.54, 1.807) is 0 Å². The lowest BCUT2D eigenvalue weighted by Crippen LogP contribution is -2.47. The summed E-state index contributed by atoms with van der Waals surface area (Å²) in [6.07, 6.45) is 2.35. The monoisotopic (exact) mass is 892 g/mol. The molecule has 0 atom stereocenters. The second kappa shape index (κ2) is 14.3. The molecule has 326 valence electrons. The minimum atomic E-state index is -0.546. The minimum absolute atomic E-state index is 0.0768. The number of rotatable bonds is 5. The molecule has 0 bridgehead atoms. The Hall–Kier alpha value is -7.34. The smallest absolute Gasteiger partial charge is 0.198 e. The van der Waals surface area contributed by atoms with Crippen LogP contribution in [0.4, 0.5) is 28.4 Å². The van der Waals surface area contributed by atoms with Crippen molar-refractivity contribution in [2.45, 2.75) is 56.8 Å². The van der Waals surface area contributed by atoms with Crippen LogP contribution in [-0.2, 0) is 16.2 Å². The fraction of sp³-hybridized carbons (Fsp3) is 0.143. The topological polar surface area (TPSA) is 28.4 Å². The third kappa shape index (κ3) is 5.54. The summed E-state index contributed by atoms with van der Waals surface area (Å²) in [6, 6.07) is 70.4. The molecule has 0 fully saturated rings. The average molecular weight is 893 g/mol. The van der Waals surface area contributed by atoms with Gasteiger partial charge in [-0.1, -0.05) is 173 Å². The Balaban J connectivity index is 1.07. The number of benzene rings is 9. The Morgan fingerprint density at radius 2 is 1.21 bits per heavy atom. The summed E-state index contributed by atoms with van der Waals surface area (Å²) in [7, 11) is 0.741. The van der Waals surface area contributed by atoms with Gasteiger partial charge < -0.3 is 14.6 Å². The molecular weight excluding hydrogens is 844 g/mol. The Kier molecular flexibility index (Phi) is 8.39. The standard InChI is InChI=1S/C63H49BN2OS/c1-61(2)32-33-62(3,4)49-34-40(30-31-46(49)61)65-51-35-43-42-23-12-16-29-55(42)68-56(43)37-45(51)57-58-53(36-44-41-22-11-15-28-54(41)67-60(44)57)66-52-27-14-13-24-47(52)63(38-18-7-5-8-19-38,39-20-9-6-10-21-39)48-25-17-26-50(64-58)59(48)66/h5-31,34-37,64-65H,32-33H2,1-4H3. The van der Waals surface area contributed by atoms with E-state index in [0.717, 1.165) is 58.1 Å². The molecule has 5 heteroatoms. The molecule has 3 nitrogen and oxygen atoms in total. The highest BCUT2D eigenvalue weighted by molar-refractivity contribution is 7.25. The van der Waals surface area contributed by atoms with Gasteiger partial charge in [0.05, 0.1) is 11.1 Å². The number of anilines is 5. The lowest BCUT2D eigenvalue weighted by Gasteiger charge is -2.49. The van der Waals surface area contributed by atoms with Gasteiger partial charge in [-0.25, -0.2) is 0 Å². The van der Waals surface area contributed by atoms with Crippen molar-refractivity contribution in [3.8, 4) is 11.1 Å². The molecule has 14 rings (SSSR count). The number of thiophene rings is 1. The summed E-state index contributed by atoms with van der Waals surface area (Å²) in [5, 5.41) is 8.90. The zero-order valence-corrected chi connectivity index (χ0v) is 39.6.